The molecule has 0 unspecified atom stereocenters. The van der Waals surface area contributed by atoms with Crippen molar-refractivity contribution < 1.29 is 13.2 Å². The number of hydrogen-bond donors (Lipinski definition) is 1. The molecule has 1 aromatic heterocycles. The SMILES string of the molecule is Cc1nn(-c2ccccc2)cc1CCCNC(=O)C1CCN(S(=O)(=O)c2ccccc2)CC1. The third-order valence-electron chi connectivity index (χ3n) is 6.15. The van der Waals surface area contributed by atoms with Crippen LogP contribution >= 0.6 is 0 Å². The molecule has 33 heavy (non-hydrogen) atoms. The van der Waals surface area contributed by atoms with Gasteiger partial charge in [-0.1, -0.05) is 36.4 Å². The second-order valence-electron chi connectivity index (χ2n) is 8.41. The molecule has 174 valence electrons. The third-order valence-corrected chi connectivity index (χ3v) is 8.06. The minimum absolute atomic E-state index is 0.0171. The Labute approximate surface area is 195 Å². The summed E-state index contributed by atoms with van der Waals surface area (Å²) < 4.78 is 28.9. The zero-order valence-electron chi connectivity index (χ0n) is 18.9. The quantitative estimate of drug-likeness (QED) is 0.516. The molecule has 2 aromatic carbocycles. The maximum absolute atomic E-state index is 12.7. The molecule has 1 aliphatic heterocycles. The lowest BCUT2D eigenvalue weighted by Crippen LogP contribution is -2.43. The van der Waals surface area contributed by atoms with E-state index >= 15 is 0 Å². The number of aryl methyl sites for hydroxylation is 2. The minimum atomic E-state index is -3.49. The first-order valence-electron chi connectivity index (χ1n) is 11.4. The van der Waals surface area contributed by atoms with E-state index < -0.39 is 10.0 Å². The molecule has 1 N–H and O–H groups in total. The van der Waals surface area contributed by atoms with Crippen LogP contribution in [0.15, 0.2) is 71.8 Å². The van der Waals surface area contributed by atoms with Crippen molar-refractivity contribution in [2.45, 2.75) is 37.5 Å². The summed E-state index contributed by atoms with van der Waals surface area (Å²) in [5, 5.41) is 7.62. The van der Waals surface area contributed by atoms with Crippen molar-refractivity contribution in [2.75, 3.05) is 19.6 Å². The lowest BCUT2D eigenvalue weighted by atomic mass is 9.97. The van der Waals surface area contributed by atoms with E-state index in [0.29, 0.717) is 37.4 Å². The van der Waals surface area contributed by atoms with Crippen LogP contribution in [0.1, 0.15) is 30.5 Å². The van der Waals surface area contributed by atoms with Crippen molar-refractivity contribution in [2.24, 2.45) is 5.92 Å². The van der Waals surface area contributed by atoms with Gasteiger partial charge in [0, 0.05) is 31.7 Å². The van der Waals surface area contributed by atoms with Gasteiger partial charge in [-0.05, 0) is 62.4 Å². The van der Waals surface area contributed by atoms with Crippen LogP contribution < -0.4 is 5.32 Å². The fourth-order valence-electron chi connectivity index (χ4n) is 4.19. The number of piperidine rings is 1. The number of para-hydroxylation sites is 1. The minimum Gasteiger partial charge on any atom is -0.356 e. The van der Waals surface area contributed by atoms with Crippen LogP contribution in [-0.4, -0.2) is 48.0 Å². The summed E-state index contributed by atoms with van der Waals surface area (Å²) in [5.41, 5.74) is 3.20. The molecule has 0 bridgehead atoms. The largest absolute Gasteiger partial charge is 0.356 e. The van der Waals surface area contributed by atoms with Crippen LogP contribution in [0.2, 0.25) is 0 Å². The summed E-state index contributed by atoms with van der Waals surface area (Å²) in [5.74, 6) is -0.127. The molecule has 1 saturated heterocycles. The standard InChI is InChI=1S/C25H30N4O3S/c1-20-22(19-29(27-20)23-10-4-2-5-11-23)9-8-16-26-25(30)21-14-17-28(18-15-21)33(31,32)24-12-6-3-7-13-24/h2-7,10-13,19,21H,8-9,14-18H2,1H3,(H,26,30). The number of aromatic nitrogens is 2. The number of amides is 1. The summed E-state index contributed by atoms with van der Waals surface area (Å²) in [6.45, 7) is 3.34. The fraction of sp³-hybridized carbons (Fsp3) is 0.360. The molecule has 7 nitrogen and oxygen atoms in total. The van der Waals surface area contributed by atoms with Crippen molar-refractivity contribution in [3.05, 3.63) is 78.1 Å². The number of carbonyl (C=O) groups excluding carboxylic acids is 1. The van der Waals surface area contributed by atoms with Gasteiger partial charge < -0.3 is 5.32 Å². The third kappa shape index (κ3) is 5.51. The predicted molar refractivity (Wildman–Crippen MR) is 128 cm³/mol. The van der Waals surface area contributed by atoms with Gasteiger partial charge in [-0.15, -0.1) is 0 Å². The van der Waals surface area contributed by atoms with E-state index in [2.05, 4.69) is 16.6 Å². The normalized spacial score (nSPS) is 15.4. The van der Waals surface area contributed by atoms with Crippen LogP contribution in [0, 0.1) is 12.8 Å². The first-order chi connectivity index (χ1) is 15.9. The van der Waals surface area contributed by atoms with Crippen molar-refractivity contribution in [3.8, 4) is 5.69 Å². The number of rotatable bonds is 8. The van der Waals surface area contributed by atoms with Crippen molar-refractivity contribution in [1.82, 2.24) is 19.4 Å². The Morgan fingerprint density at radius 1 is 1.03 bits per heavy atom. The average Bonchev–Trinajstić information content (AvgIpc) is 3.23. The number of hydrogen-bond acceptors (Lipinski definition) is 4. The van der Waals surface area contributed by atoms with Gasteiger partial charge in [0.05, 0.1) is 16.3 Å². The van der Waals surface area contributed by atoms with Gasteiger partial charge in [-0.3, -0.25) is 4.79 Å². The Kier molecular flexibility index (Phi) is 7.25. The first kappa shape index (κ1) is 23.2. The van der Waals surface area contributed by atoms with Gasteiger partial charge in [0.1, 0.15) is 0 Å². The number of carbonyl (C=O) groups is 1. The smallest absolute Gasteiger partial charge is 0.243 e. The van der Waals surface area contributed by atoms with Gasteiger partial charge in [-0.25, -0.2) is 13.1 Å². The Bertz CT molecular complexity index is 1170. The molecular weight excluding hydrogens is 436 g/mol. The van der Waals surface area contributed by atoms with Crippen LogP contribution in [0.4, 0.5) is 0 Å². The molecule has 8 heteroatoms. The van der Waals surface area contributed by atoms with Crippen LogP contribution in [0.3, 0.4) is 0 Å². The zero-order chi connectivity index (χ0) is 23.3. The average molecular weight is 467 g/mol. The van der Waals surface area contributed by atoms with Crippen LogP contribution in [0.5, 0.6) is 0 Å². The summed E-state index contributed by atoms with van der Waals surface area (Å²) >= 11 is 0. The highest BCUT2D eigenvalue weighted by Gasteiger charge is 2.31. The maximum Gasteiger partial charge on any atom is 0.243 e. The summed E-state index contributed by atoms with van der Waals surface area (Å²) in [4.78, 5) is 12.9. The molecule has 0 spiro atoms. The van der Waals surface area contributed by atoms with Crippen LogP contribution in [0.25, 0.3) is 5.69 Å². The van der Waals surface area contributed by atoms with Gasteiger partial charge in [0.15, 0.2) is 0 Å². The Balaban J connectivity index is 1.22. The van der Waals surface area contributed by atoms with Gasteiger partial charge >= 0.3 is 0 Å². The molecular formula is C25H30N4O3S. The molecule has 1 aliphatic rings. The summed E-state index contributed by atoms with van der Waals surface area (Å²) in [6.07, 6.45) is 4.80. The lowest BCUT2D eigenvalue weighted by molar-refractivity contribution is -0.126. The number of nitrogens with zero attached hydrogens (tertiary/aromatic N) is 3. The van der Waals surface area contributed by atoms with E-state index in [-0.39, 0.29) is 11.8 Å². The molecule has 0 aliphatic carbocycles. The second kappa shape index (κ2) is 10.3. The summed E-state index contributed by atoms with van der Waals surface area (Å²) in [7, 11) is -3.49. The van der Waals surface area contributed by atoms with Crippen molar-refractivity contribution >= 4 is 15.9 Å². The molecule has 0 atom stereocenters. The molecule has 0 radical (unpaired) electrons. The van der Waals surface area contributed by atoms with Crippen molar-refractivity contribution in [1.29, 1.82) is 0 Å². The number of nitrogens with one attached hydrogen (secondary N) is 1. The summed E-state index contributed by atoms with van der Waals surface area (Å²) in [6, 6.07) is 18.5. The maximum atomic E-state index is 12.7. The number of benzene rings is 2. The monoisotopic (exact) mass is 466 g/mol. The van der Waals surface area contributed by atoms with Gasteiger partial charge in [0.2, 0.25) is 15.9 Å². The van der Waals surface area contributed by atoms with E-state index in [9.17, 15) is 13.2 Å². The predicted octanol–water partition coefficient (Wildman–Crippen LogP) is 3.33. The molecule has 1 amide bonds. The van der Waals surface area contributed by atoms with Crippen molar-refractivity contribution in [3.63, 3.8) is 0 Å². The van der Waals surface area contributed by atoms with E-state index in [1.165, 1.54) is 9.87 Å². The van der Waals surface area contributed by atoms with E-state index in [4.69, 9.17) is 0 Å². The fourth-order valence-corrected chi connectivity index (χ4v) is 5.68. The van der Waals surface area contributed by atoms with Gasteiger partial charge in [-0.2, -0.15) is 9.40 Å². The van der Waals surface area contributed by atoms with Crippen LogP contribution in [-0.2, 0) is 21.2 Å². The molecule has 0 saturated carbocycles. The molecule has 4 rings (SSSR count). The highest BCUT2D eigenvalue weighted by Crippen LogP contribution is 2.24. The molecule has 2 heterocycles. The topological polar surface area (TPSA) is 84.3 Å². The molecule has 1 fully saturated rings. The molecule has 3 aromatic rings. The number of sulfonamides is 1. The zero-order valence-corrected chi connectivity index (χ0v) is 19.7. The highest BCUT2D eigenvalue weighted by molar-refractivity contribution is 7.89. The van der Waals surface area contributed by atoms with E-state index in [0.717, 1.165) is 24.2 Å². The van der Waals surface area contributed by atoms with Gasteiger partial charge in [0.25, 0.3) is 0 Å². The Hall–Kier alpha value is -2.97. The highest BCUT2D eigenvalue weighted by atomic mass is 32.2. The van der Waals surface area contributed by atoms with E-state index in [1.807, 2.05) is 41.9 Å². The first-order valence-corrected chi connectivity index (χ1v) is 12.8. The lowest BCUT2D eigenvalue weighted by Gasteiger charge is -2.30. The van der Waals surface area contributed by atoms with E-state index in [1.54, 1.807) is 30.3 Å². The Morgan fingerprint density at radius 3 is 2.33 bits per heavy atom. The Morgan fingerprint density at radius 2 is 1.67 bits per heavy atom. The second-order valence-corrected chi connectivity index (χ2v) is 10.3.